The summed E-state index contributed by atoms with van der Waals surface area (Å²) in [5.74, 6) is 0.826. The van der Waals surface area contributed by atoms with Crippen LogP contribution in [0.3, 0.4) is 0 Å². The van der Waals surface area contributed by atoms with E-state index in [1.807, 2.05) is 0 Å². The summed E-state index contributed by atoms with van der Waals surface area (Å²) in [6.07, 6.45) is 1.59. The van der Waals surface area contributed by atoms with E-state index in [-0.39, 0.29) is 5.28 Å². The number of ether oxygens (including phenoxy) is 1. The van der Waals surface area contributed by atoms with E-state index in [0.717, 1.165) is 5.56 Å². The summed E-state index contributed by atoms with van der Waals surface area (Å²) in [6, 6.07) is 3.41. The second kappa shape index (κ2) is 3.63. The topological polar surface area (TPSA) is 61.0 Å². The second-order valence-electron chi connectivity index (χ2n) is 2.46. The zero-order valence-electron chi connectivity index (χ0n) is 7.27. The van der Waals surface area contributed by atoms with Gasteiger partial charge < -0.3 is 9.26 Å². The smallest absolute Gasteiger partial charge is 0.264 e. The van der Waals surface area contributed by atoms with E-state index in [2.05, 4.69) is 15.1 Å². The van der Waals surface area contributed by atoms with Gasteiger partial charge in [0.1, 0.15) is 0 Å². The lowest BCUT2D eigenvalue weighted by Crippen LogP contribution is -1.87. The van der Waals surface area contributed by atoms with Gasteiger partial charge in [0.15, 0.2) is 0 Å². The van der Waals surface area contributed by atoms with Gasteiger partial charge in [-0.05, 0) is 22.8 Å². The third-order valence-electron chi connectivity index (χ3n) is 1.59. The van der Waals surface area contributed by atoms with Crippen molar-refractivity contribution in [3.8, 4) is 17.3 Å². The Morgan fingerprint density at radius 3 is 3.00 bits per heavy atom. The minimum absolute atomic E-state index is 0.0794. The van der Waals surface area contributed by atoms with Gasteiger partial charge in [0, 0.05) is 17.8 Å². The van der Waals surface area contributed by atoms with Gasteiger partial charge in [-0.15, -0.1) is 0 Å². The van der Waals surface area contributed by atoms with Crippen molar-refractivity contribution in [2.75, 3.05) is 7.11 Å². The van der Waals surface area contributed by atoms with Crippen LogP contribution in [0.2, 0.25) is 5.28 Å². The normalized spacial score (nSPS) is 10.1. The maximum atomic E-state index is 5.52. The summed E-state index contributed by atoms with van der Waals surface area (Å²) >= 11 is 5.52. The highest BCUT2D eigenvalue weighted by Gasteiger charge is 2.07. The summed E-state index contributed by atoms with van der Waals surface area (Å²) in [4.78, 5) is 7.81. The van der Waals surface area contributed by atoms with Crippen molar-refractivity contribution in [1.82, 2.24) is 15.1 Å². The Morgan fingerprint density at radius 2 is 2.36 bits per heavy atom. The molecule has 0 N–H and O–H groups in total. The Morgan fingerprint density at radius 1 is 1.50 bits per heavy atom. The van der Waals surface area contributed by atoms with Crippen molar-refractivity contribution in [1.29, 1.82) is 0 Å². The Hall–Kier alpha value is -1.62. The van der Waals surface area contributed by atoms with E-state index in [9.17, 15) is 0 Å². The Balaban J connectivity index is 2.41. The number of hydrogen-bond donors (Lipinski definition) is 0. The quantitative estimate of drug-likeness (QED) is 0.758. The first-order valence-corrected chi connectivity index (χ1v) is 4.17. The van der Waals surface area contributed by atoms with Gasteiger partial charge in [0.2, 0.25) is 5.88 Å². The number of nitrogens with zero attached hydrogens (tertiary/aromatic N) is 3. The molecule has 5 nitrogen and oxygen atoms in total. The predicted molar refractivity (Wildman–Crippen MR) is 49.1 cm³/mol. The fraction of sp³-hybridized carbons (Fsp3) is 0.125. The number of pyridine rings is 1. The van der Waals surface area contributed by atoms with Crippen LogP contribution < -0.4 is 4.74 Å². The highest BCUT2D eigenvalue weighted by atomic mass is 35.5. The number of aromatic nitrogens is 3. The largest absolute Gasteiger partial charge is 0.481 e. The molecule has 2 aromatic heterocycles. The van der Waals surface area contributed by atoms with Gasteiger partial charge in [0.25, 0.3) is 11.2 Å². The van der Waals surface area contributed by atoms with E-state index in [0.29, 0.717) is 11.8 Å². The van der Waals surface area contributed by atoms with E-state index in [4.69, 9.17) is 20.9 Å². The molecule has 0 saturated heterocycles. The fourth-order valence-electron chi connectivity index (χ4n) is 0.977. The summed E-state index contributed by atoms with van der Waals surface area (Å²) in [5.41, 5.74) is 0.719. The van der Waals surface area contributed by atoms with Gasteiger partial charge in [-0.1, -0.05) is 0 Å². The molecular formula is C8H6ClN3O2. The van der Waals surface area contributed by atoms with Gasteiger partial charge in [-0.25, -0.2) is 4.98 Å². The highest BCUT2D eigenvalue weighted by molar-refractivity contribution is 6.28. The van der Waals surface area contributed by atoms with Crippen LogP contribution in [-0.4, -0.2) is 22.2 Å². The van der Waals surface area contributed by atoms with Crippen LogP contribution >= 0.6 is 11.6 Å². The van der Waals surface area contributed by atoms with E-state index < -0.39 is 0 Å². The van der Waals surface area contributed by atoms with Crippen molar-refractivity contribution in [2.24, 2.45) is 0 Å². The van der Waals surface area contributed by atoms with Crippen LogP contribution in [0.1, 0.15) is 0 Å². The third-order valence-corrected chi connectivity index (χ3v) is 1.75. The molecule has 0 saturated carbocycles. The second-order valence-corrected chi connectivity index (χ2v) is 2.79. The molecule has 72 valence electrons. The molecule has 2 aromatic rings. The van der Waals surface area contributed by atoms with Crippen LogP contribution in [0.5, 0.6) is 5.88 Å². The number of rotatable bonds is 2. The van der Waals surface area contributed by atoms with Crippen LogP contribution in [0.15, 0.2) is 22.9 Å². The first kappa shape index (κ1) is 8.96. The molecule has 0 aliphatic carbocycles. The zero-order valence-corrected chi connectivity index (χ0v) is 8.02. The molecule has 2 heterocycles. The number of methoxy groups -OCH3 is 1. The third kappa shape index (κ3) is 1.67. The van der Waals surface area contributed by atoms with Crippen molar-refractivity contribution in [2.45, 2.75) is 0 Å². The monoisotopic (exact) mass is 211 g/mol. The van der Waals surface area contributed by atoms with E-state index >= 15 is 0 Å². The summed E-state index contributed by atoms with van der Waals surface area (Å²) in [6.45, 7) is 0. The lowest BCUT2D eigenvalue weighted by Gasteiger charge is -1.98. The molecule has 0 amide bonds. The molecule has 14 heavy (non-hydrogen) atoms. The van der Waals surface area contributed by atoms with Crippen LogP contribution in [0.4, 0.5) is 0 Å². The Kier molecular flexibility index (Phi) is 2.32. The molecular weight excluding hydrogens is 206 g/mol. The maximum absolute atomic E-state index is 5.52. The number of hydrogen-bond acceptors (Lipinski definition) is 5. The average molecular weight is 212 g/mol. The van der Waals surface area contributed by atoms with E-state index in [1.54, 1.807) is 18.3 Å². The molecule has 0 unspecified atom stereocenters. The Labute approximate surface area is 84.7 Å². The molecule has 6 heteroatoms. The standard InChI is InChI=1S/C8H6ClN3O2/c1-13-6-4-5(2-3-10-6)7-11-8(9)12-14-7/h2-4H,1H3. The fourth-order valence-corrected chi connectivity index (χ4v) is 1.09. The van der Waals surface area contributed by atoms with Crippen LogP contribution in [0.25, 0.3) is 11.5 Å². The lowest BCUT2D eigenvalue weighted by molar-refractivity contribution is 0.397. The molecule has 0 atom stereocenters. The summed E-state index contributed by atoms with van der Waals surface area (Å²) in [5, 5.41) is 3.55. The lowest BCUT2D eigenvalue weighted by atomic mass is 10.3. The van der Waals surface area contributed by atoms with Gasteiger partial charge >= 0.3 is 0 Å². The first-order chi connectivity index (χ1) is 6.79. The van der Waals surface area contributed by atoms with Crippen LogP contribution in [0, 0.1) is 0 Å². The van der Waals surface area contributed by atoms with E-state index in [1.165, 1.54) is 7.11 Å². The maximum Gasteiger partial charge on any atom is 0.264 e. The molecule has 2 rings (SSSR count). The summed E-state index contributed by atoms with van der Waals surface area (Å²) < 4.78 is 9.82. The van der Waals surface area contributed by atoms with Crippen molar-refractivity contribution >= 4 is 11.6 Å². The molecule has 0 aliphatic heterocycles. The van der Waals surface area contributed by atoms with Gasteiger partial charge in [-0.3, -0.25) is 0 Å². The molecule has 0 aliphatic rings. The van der Waals surface area contributed by atoms with Gasteiger partial charge in [0.05, 0.1) is 7.11 Å². The minimum atomic E-state index is 0.0794. The molecule has 0 radical (unpaired) electrons. The Bertz CT molecular complexity index is 444. The van der Waals surface area contributed by atoms with Crippen molar-refractivity contribution in [3.05, 3.63) is 23.6 Å². The first-order valence-electron chi connectivity index (χ1n) is 3.79. The molecule has 0 fully saturated rings. The summed E-state index contributed by atoms with van der Waals surface area (Å²) in [7, 11) is 1.53. The van der Waals surface area contributed by atoms with Gasteiger partial charge in [-0.2, -0.15) is 4.98 Å². The predicted octanol–water partition coefficient (Wildman–Crippen LogP) is 1.79. The molecule has 0 bridgehead atoms. The minimum Gasteiger partial charge on any atom is -0.481 e. The van der Waals surface area contributed by atoms with Crippen molar-refractivity contribution in [3.63, 3.8) is 0 Å². The molecule has 0 aromatic carbocycles. The number of halogens is 1. The SMILES string of the molecule is COc1cc(-c2nc(Cl)no2)ccn1. The molecule has 0 spiro atoms. The van der Waals surface area contributed by atoms with Crippen molar-refractivity contribution < 1.29 is 9.26 Å². The average Bonchev–Trinajstić information content (AvgIpc) is 2.65. The highest BCUT2D eigenvalue weighted by Crippen LogP contribution is 2.20. The van der Waals surface area contributed by atoms with Crippen LogP contribution in [-0.2, 0) is 0 Å². The zero-order chi connectivity index (χ0) is 9.97.